The van der Waals surface area contributed by atoms with E-state index < -0.39 is 16.1 Å². The first kappa shape index (κ1) is 20.9. The second-order valence-corrected chi connectivity index (χ2v) is 9.42. The molecule has 26 heavy (non-hydrogen) atoms. The number of aryl methyl sites for hydroxylation is 1. The third-order valence-electron chi connectivity index (χ3n) is 5.01. The van der Waals surface area contributed by atoms with Gasteiger partial charge in [-0.25, -0.2) is 8.42 Å². The fourth-order valence-electron chi connectivity index (χ4n) is 3.34. The zero-order chi connectivity index (χ0) is 19.2. The van der Waals surface area contributed by atoms with Crippen LogP contribution >= 0.6 is 0 Å². The van der Waals surface area contributed by atoms with Crippen molar-refractivity contribution in [3.8, 4) is 0 Å². The minimum absolute atomic E-state index is 0.135. The molecular weight excluding hydrogens is 348 g/mol. The number of hydrogen-bond acceptors (Lipinski definition) is 3. The van der Waals surface area contributed by atoms with Crippen LogP contribution in [0.1, 0.15) is 64.4 Å². The van der Waals surface area contributed by atoms with E-state index in [2.05, 4.69) is 10.0 Å². The topological polar surface area (TPSA) is 75.3 Å². The highest BCUT2D eigenvalue weighted by molar-refractivity contribution is 7.89. The Morgan fingerprint density at radius 2 is 1.54 bits per heavy atom. The molecule has 146 valence electrons. The minimum atomic E-state index is -3.73. The van der Waals surface area contributed by atoms with Crippen LogP contribution in [0.4, 0.5) is 0 Å². The van der Waals surface area contributed by atoms with Gasteiger partial charge in [-0.3, -0.25) is 4.79 Å². The lowest BCUT2D eigenvalue weighted by Crippen LogP contribution is -2.52. The quantitative estimate of drug-likeness (QED) is 0.793. The molecule has 1 aromatic carbocycles. The maximum Gasteiger partial charge on any atom is 0.241 e. The molecule has 1 amide bonds. The Labute approximate surface area is 158 Å². The number of nitrogens with one attached hydrogen (secondary N) is 2. The molecule has 1 fully saturated rings. The molecule has 0 heterocycles. The van der Waals surface area contributed by atoms with E-state index in [9.17, 15) is 13.2 Å². The van der Waals surface area contributed by atoms with Crippen LogP contribution < -0.4 is 10.0 Å². The van der Waals surface area contributed by atoms with Crippen LogP contribution in [0.3, 0.4) is 0 Å². The Morgan fingerprint density at radius 3 is 2.08 bits per heavy atom. The summed E-state index contributed by atoms with van der Waals surface area (Å²) in [6.07, 6.45) is 7.87. The normalized spacial score (nSPS) is 18.2. The average Bonchev–Trinajstić information content (AvgIpc) is 2.55. The maximum absolute atomic E-state index is 12.8. The first-order chi connectivity index (χ1) is 12.3. The summed E-state index contributed by atoms with van der Waals surface area (Å²) < 4.78 is 27.9. The minimum Gasteiger partial charge on any atom is -0.352 e. The van der Waals surface area contributed by atoms with Crippen molar-refractivity contribution in [3.63, 3.8) is 0 Å². The van der Waals surface area contributed by atoms with Crippen LogP contribution in [0.5, 0.6) is 0 Å². The lowest BCUT2D eigenvalue weighted by molar-refractivity contribution is -0.124. The Balaban J connectivity index is 2.06. The number of rotatable bonds is 6. The highest BCUT2D eigenvalue weighted by Crippen LogP contribution is 2.18. The molecule has 1 atom stereocenters. The lowest BCUT2D eigenvalue weighted by Gasteiger charge is -2.26. The number of sulfonamides is 1. The summed E-state index contributed by atoms with van der Waals surface area (Å²) in [6.45, 7) is 5.63. The predicted octanol–water partition coefficient (Wildman–Crippen LogP) is 3.53. The smallest absolute Gasteiger partial charge is 0.241 e. The standard InChI is InChI=1S/C20H32N2O3S/c1-15(2)19(20(23)21-17-9-7-5-4-6-8-10-17)22-26(24,25)18-13-11-16(3)12-14-18/h11-15,17,19,22H,4-10H2,1-3H3,(H,21,23). The number of carbonyl (C=O) groups is 1. The van der Waals surface area contributed by atoms with Crippen LogP contribution in [0.2, 0.25) is 0 Å². The Kier molecular flexibility index (Phi) is 7.65. The van der Waals surface area contributed by atoms with E-state index in [1.165, 1.54) is 19.3 Å². The Morgan fingerprint density at radius 1 is 1.00 bits per heavy atom. The zero-order valence-electron chi connectivity index (χ0n) is 16.1. The van der Waals surface area contributed by atoms with Gasteiger partial charge in [0.15, 0.2) is 0 Å². The molecule has 0 aliphatic heterocycles. The summed E-state index contributed by atoms with van der Waals surface area (Å²) in [5, 5.41) is 3.09. The molecule has 1 unspecified atom stereocenters. The van der Waals surface area contributed by atoms with Crippen molar-refractivity contribution in [3.05, 3.63) is 29.8 Å². The van der Waals surface area contributed by atoms with Crippen molar-refractivity contribution in [2.24, 2.45) is 5.92 Å². The summed E-state index contributed by atoms with van der Waals surface area (Å²) in [5.74, 6) is -0.356. The van der Waals surface area contributed by atoms with Gasteiger partial charge in [-0.2, -0.15) is 4.72 Å². The van der Waals surface area contributed by atoms with Crippen molar-refractivity contribution < 1.29 is 13.2 Å². The number of hydrogen-bond donors (Lipinski definition) is 2. The predicted molar refractivity (Wildman–Crippen MR) is 104 cm³/mol. The van der Waals surface area contributed by atoms with Gasteiger partial charge in [0.2, 0.25) is 15.9 Å². The van der Waals surface area contributed by atoms with Crippen molar-refractivity contribution in [1.82, 2.24) is 10.0 Å². The van der Waals surface area contributed by atoms with Crippen LogP contribution in [-0.2, 0) is 14.8 Å². The van der Waals surface area contributed by atoms with E-state index in [1.807, 2.05) is 20.8 Å². The van der Waals surface area contributed by atoms with E-state index in [0.717, 1.165) is 31.2 Å². The highest BCUT2D eigenvalue weighted by atomic mass is 32.2. The summed E-state index contributed by atoms with van der Waals surface area (Å²) >= 11 is 0. The van der Waals surface area contributed by atoms with Crippen molar-refractivity contribution in [2.45, 2.75) is 82.7 Å². The van der Waals surface area contributed by atoms with Gasteiger partial charge in [0.25, 0.3) is 0 Å². The number of carbonyl (C=O) groups excluding carboxylic acids is 1. The van der Waals surface area contributed by atoms with Gasteiger partial charge in [-0.15, -0.1) is 0 Å². The monoisotopic (exact) mass is 380 g/mol. The van der Waals surface area contributed by atoms with E-state index in [-0.39, 0.29) is 22.8 Å². The Hall–Kier alpha value is -1.40. The summed E-state index contributed by atoms with van der Waals surface area (Å²) in [4.78, 5) is 13.0. The lowest BCUT2D eigenvalue weighted by atomic mass is 9.96. The molecule has 1 saturated carbocycles. The van der Waals surface area contributed by atoms with Gasteiger partial charge < -0.3 is 5.32 Å². The first-order valence-electron chi connectivity index (χ1n) is 9.69. The number of benzene rings is 1. The molecule has 0 bridgehead atoms. The fraction of sp³-hybridized carbons (Fsp3) is 0.650. The van der Waals surface area contributed by atoms with E-state index >= 15 is 0 Å². The van der Waals surface area contributed by atoms with Crippen molar-refractivity contribution >= 4 is 15.9 Å². The Bertz CT molecular complexity index is 676. The van der Waals surface area contributed by atoms with Gasteiger partial charge in [-0.1, -0.05) is 63.6 Å². The SMILES string of the molecule is Cc1ccc(S(=O)(=O)NC(C(=O)NC2CCCCCCC2)C(C)C)cc1. The molecule has 0 radical (unpaired) electrons. The van der Waals surface area contributed by atoms with Crippen molar-refractivity contribution in [1.29, 1.82) is 0 Å². The molecule has 1 aromatic rings. The summed E-state index contributed by atoms with van der Waals surface area (Å²) in [7, 11) is -3.73. The molecule has 2 rings (SSSR count). The maximum atomic E-state index is 12.8. The van der Waals surface area contributed by atoms with Crippen LogP contribution in [-0.4, -0.2) is 26.4 Å². The van der Waals surface area contributed by atoms with Crippen molar-refractivity contribution in [2.75, 3.05) is 0 Å². The van der Waals surface area contributed by atoms with E-state index in [4.69, 9.17) is 0 Å². The molecule has 2 N–H and O–H groups in total. The van der Waals surface area contributed by atoms with E-state index in [1.54, 1.807) is 24.3 Å². The molecule has 5 nitrogen and oxygen atoms in total. The third kappa shape index (κ3) is 6.09. The molecule has 0 aromatic heterocycles. The van der Waals surface area contributed by atoms with Crippen LogP contribution in [0.15, 0.2) is 29.2 Å². The molecular formula is C20H32N2O3S. The van der Waals surface area contributed by atoms with Crippen LogP contribution in [0.25, 0.3) is 0 Å². The van der Waals surface area contributed by atoms with Gasteiger partial charge in [0.1, 0.15) is 6.04 Å². The van der Waals surface area contributed by atoms with Gasteiger partial charge in [0.05, 0.1) is 4.90 Å². The van der Waals surface area contributed by atoms with Crippen LogP contribution in [0, 0.1) is 12.8 Å². The second kappa shape index (κ2) is 9.51. The number of amides is 1. The van der Waals surface area contributed by atoms with Gasteiger partial charge in [-0.05, 0) is 37.8 Å². The average molecular weight is 381 g/mol. The van der Waals surface area contributed by atoms with Gasteiger partial charge >= 0.3 is 0 Å². The summed E-state index contributed by atoms with van der Waals surface area (Å²) in [5.41, 5.74) is 0.992. The zero-order valence-corrected chi connectivity index (χ0v) is 16.9. The summed E-state index contributed by atoms with van der Waals surface area (Å²) in [6, 6.07) is 6.03. The molecule has 1 aliphatic rings. The molecule has 0 spiro atoms. The fourth-order valence-corrected chi connectivity index (χ4v) is 4.68. The highest BCUT2D eigenvalue weighted by Gasteiger charge is 2.29. The molecule has 1 aliphatic carbocycles. The third-order valence-corrected chi connectivity index (χ3v) is 6.47. The first-order valence-corrected chi connectivity index (χ1v) is 11.2. The van der Waals surface area contributed by atoms with Gasteiger partial charge in [0, 0.05) is 6.04 Å². The largest absolute Gasteiger partial charge is 0.352 e. The molecule has 0 saturated heterocycles. The molecule has 6 heteroatoms. The van der Waals surface area contributed by atoms with E-state index in [0.29, 0.717) is 0 Å². The second-order valence-electron chi connectivity index (χ2n) is 7.71.